The lowest BCUT2D eigenvalue weighted by Crippen LogP contribution is -2.33. The van der Waals surface area contributed by atoms with Crippen LogP contribution in [-0.2, 0) is 25.9 Å². The van der Waals surface area contributed by atoms with E-state index in [0.717, 1.165) is 38.8 Å². The molecule has 8 heteroatoms. The average Bonchev–Trinajstić information content (AvgIpc) is 3.03. The van der Waals surface area contributed by atoms with Crippen LogP contribution in [-0.4, -0.2) is 2.90 Å². The van der Waals surface area contributed by atoms with E-state index in [9.17, 15) is 0 Å². The minimum atomic E-state index is 1.05. The molecule has 0 bridgehead atoms. The standard InChI is InChI=1S/C28H30N2.2FH.2HIS/c1-3-9-25(10-4-1)13-7-19-29-21-15-27(16-22-29)28-17-23-30(24-18-28)20-8-14-26-11-5-2-6-12-26;;;2*1-2/h1-6,9-12,15-18,21-24H,7-8,13-14,19-20H2;2*1H;2*2H/q+2;;;;/i/hT2. The number of halogens is 4. The number of rotatable bonds is 9. The van der Waals surface area contributed by atoms with Gasteiger partial charge in [-0.1, -0.05) is 60.7 Å². The van der Waals surface area contributed by atoms with Crippen LogP contribution >= 0.6 is 62.0 Å². The molecule has 0 atom stereocenters. The van der Waals surface area contributed by atoms with Gasteiger partial charge in [-0.15, -0.1) is 19.6 Å². The number of aryl methyl sites for hydroxylation is 4. The van der Waals surface area contributed by atoms with Gasteiger partial charge in [0.05, 0.1) is 0 Å². The van der Waals surface area contributed by atoms with E-state index in [0.29, 0.717) is 0 Å². The van der Waals surface area contributed by atoms with Gasteiger partial charge in [-0.05, 0) is 77.5 Å². The first kappa shape index (κ1) is 31.0. The van der Waals surface area contributed by atoms with Crippen LogP contribution < -0.4 is 9.13 Å². The topological polar surface area (TPSA) is 7.76 Å². The third kappa shape index (κ3) is 12.8. The highest BCUT2D eigenvalue weighted by atomic mass is 127. The molecule has 2 nitrogen and oxygen atoms in total. The quantitative estimate of drug-likeness (QED) is 0.0972. The van der Waals surface area contributed by atoms with Crippen LogP contribution in [0.1, 0.15) is 24.0 Å². The number of thiol groups is 2. The smallest absolute Gasteiger partial charge is 0.269 e. The van der Waals surface area contributed by atoms with Crippen LogP contribution in [0.25, 0.3) is 11.1 Å². The molecule has 0 aliphatic heterocycles. The SMILES string of the molecule is SI.SI.[3H]F.[3H]F.c1ccc(CCC[n+]2ccc(-c3cc[n+](CCCc4ccccc4)cc3)cc2)cc1. The van der Waals surface area contributed by atoms with E-state index in [1.165, 1.54) is 22.3 Å². The van der Waals surface area contributed by atoms with Crippen molar-refractivity contribution >= 4 is 62.0 Å². The molecule has 194 valence electrons. The normalized spacial score (nSPS) is 9.72. The summed E-state index contributed by atoms with van der Waals surface area (Å²) in [5, 5.41) is 0. The Morgan fingerprint density at radius 1 is 0.528 bits per heavy atom. The van der Waals surface area contributed by atoms with Crippen molar-refractivity contribution in [2.45, 2.75) is 38.8 Å². The van der Waals surface area contributed by atoms with Crippen molar-refractivity contribution in [3.05, 3.63) is 121 Å². The lowest BCUT2D eigenvalue weighted by molar-refractivity contribution is -0.697. The maximum atomic E-state index is 8.75. The van der Waals surface area contributed by atoms with Crippen molar-refractivity contribution in [3.63, 3.8) is 0 Å². The first-order valence-corrected chi connectivity index (χ1v) is 17.7. The molecule has 36 heavy (non-hydrogen) atoms. The molecule has 0 spiro atoms. The van der Waals surface area contributed by atoms with Crippen LogP contribution in [0.5, 0.6) is 0 Å². The Kier molecular flexibility index (Phi) is 18.8. The average molecular weight is 759 g/mol. The highest BCUT2D eigenvalue weighted by molar-refractivity contribution is 14.2. The van der Waals surface area contributed by atoms with Gasteiger partial charge in [0.1, 0.15) is 13.1 Å². The summed E-state index contributed by atoms with van der Waals surface area (Å²) >= 11 is 3.69. The Balaban J connectivity index is 0.00000157. The Hall–Kier alpha value is -1.24. The van der Waals surface area contributed by atoms with E-state index < -0.39 is 0 Å². The van der Waals surface area contributed by atoms with Gasteiger partial charge < -0.3 is 0 Å². The summed E-state index contributed by atoms with van der Waals surface area (Å²) in [6.07, 6.45) is 13.3. The maximum Gasteiger partial charge on any atom is 0.269 e. The molecular weight excluding hydrogens is 720 g/mol. The van der Waals surface area contributed by atoms with Crippen LogP contribution in [0.3, 0.4) is 0 Å². The van der Waals surface area contributed by atoms with Gasteiger partial charge in [0.25, 0.3) is 2.90 Å². The van der Waals surface area contributed by atoms with Gasteiger partial charge >= 0.3 is 0 Å². The van der Waals surface area contributed by atoms with Crippen LogP contribution in [0, 0.1) is 0 Å². The van der Waals surface area contributed by atoms with Gasteiger partial charge in [-0.3, -0.25) is 9.44 Å². The molecule has 0 radical (unpaired) electrons. The van der Waals surface area contributed by atoms with Gasteiger partial charge in [-0.25, -0.2) is 9.13 Å². The molecular formula is C28H34F2I2N2S2+2. The zero-order valence-corrected chi connectivity index (χ0v) is 26.0. The summed E-state index contributed by atoms with van der Waals surface area (Å²) in [4.78, 5) is 0. The van der Waals surface area contributed by atoms with Crippen molar-refractivity contribution in [3.8, 4) is 11.1 Å². The molecule has 4 aromatic rings. The molecule has 0 N–H and O–H groups in total. The first-order valence-electron chi connectivity index (χ1n) is 12.0. The highest BCUT2D eigenvalue weighted by Gasteiger charge is 2.06. The van der Waals surface area contributed by atoms with Gasteiger partial charge in [-0.2, -0.15) is 0 Å². The summed E-state index contributed by atoms with van der Waals surface area (Å²) in [6, 6.07) is 30.3. The zero-order valence-electron chi connectivity index (χ0n) is 21.9. The lowest BCUT2D eigenvalue weighted by Gasteiger charge is -2.03. The second-order valence-corrected chi connectivity index (χ2v) is 7.83. The summed E-state index contributed by atoms with van der Waals surface area (Å²) < 4.78 is 30.6. The number of benzene rings is 2. The molecule has 0 saturated carbocycles. The Labute approximate surface area is 252 Å². The van der Waals surface area contributed by atoms with Gasteiger partial charge in [0, 0.05) is 37.1 Å². The molecule has 2 aromatic carbocycles. The number of hydrogen-bond donors (Lipinski definition) is 2. The monoisotopic (exact) mass is 758 g/mol. The summed E-state index contributed by atoms with van der Waals surface area (Å²) in [7, 11) is 7.00. The van der Waals surface area contributed by atoms with E-state index in [-0.39, 0.29) is 0 Å². The maximum absolute atomic E-state index is 8.75. The van der Waals surface area contributed by atoms with Crippen LogP contribution in [0.4, 0.5) is 9.44 Å². The van der Waals surface area contributed by atoms with Crippen molar-refractivity contribution in [2.75, 3.05) is 0 Å². The minimum Gasteiger partial charge on any atom is -0.269 e. The van der Waals surface area contributed by atoms with Crippen LogP contribution in [0.2, 0.25) is 0 Å². The molecule has 0 unspecified atom stereocenters. The predicted octanol–water partition coefficient (Wildman–Crippen LogP) is 8.03. The van der Waals surface area contributed by atoms with Crippen molar-refractivity contribution < 1.29 is 18.6 Å². The number of pyridine rings is 2. The van der Waals surface area contributed by atoms with Crippen molar-refractivity contribution in [1.82, 2.24) is 0 Å². The molecule has 0 fully saturated rings. The molecule has 0 aliphatic rings. The fourth-order valence-corrected chi connectivity index (χ4v) is 3.82. The first-order chi connectivity index (χ1) is 18.9. The Bertz CT molecular complexity index is 965. The van der Waals surface area contributed by atoms with Crippen molar-refractivity contribution in [2.24, 2.45) is 0 Å². The van der Waals surface area contributed by atoms with Gasteiger partial charge in [0.2, 0.25) is 0 Å². The molecule has 0 aliphatic carbocycles. The number of hydrogen-bond acceptors (Lipinski definition) is 2. The van der Waals surface area contributed by atoms with Crippen molar-refractivity contribution in [1.29, 1.82) is 2.90 Å². The third-order valence-corrected chi connectivity index (χ3v) is 5.56. The van der Waals surface area contributed by atoms with E-state index >= 15 is 0 Å². The fraction of sp³-hybridized carbons (Fsp3) is 0.214. The molecule has 2 aromatic heterocycles. The Morgan fingerprint density at radius 3 is 1.14 bits per heavy atom. The highest BCUT2D eigenvalue weighted by Crippen LogP contribution is 2.15. The lowest BCUT2D eigenvalue weighted by atomic mass is 10.1. The predicted molar refractivity (Wildman–Crippen MR) is 173 cm³/mol. The van der Waals surface area contributed by atoms with Gasteiger partial charge in [0.15, 0.2) is 24.8 Å². The molecule has 2 heterocycles. The van der Waals surface area contributed by atoms with Crippen LogP contribution in [0.15, 0.2) is 110 Å². The van der Waals surface area contributed by atoms with E-state index in [1.54, 1.807) is 0 Å². The summed E-state index contributed by atoms with van der Waals surface area (Å²) in [6.45, 7) is 2.09. The second kappa shape index (κ2) is 21.8. The zero-order chi connectivity index (χ0) is 28.4. The third-order valence-electron chi connectivity index (χ3n) is 5.56. The van der Waals surface area contributed by atoms with E-state index in [2.05, 4.69) is 141 Å². The molecule has 4 rings (SSSR count). The molecule has 0 amide bonds. The van der Waals surface area contributed by atoms with E-state index in [1.807, 2.05) is 42.4 Å². The largest absolute Gasteiger partial charge is 0.269 e. The second-order valence-electron chi connectivity index (χ2n) is 7.83. The number of nitrogens with zero attached hydrogens (tertiary/aromatic N) is 2. The fourth-order valence-electron chi connectivity index (χ4n) is 3.82. The minimum absolute atomic E-state index is 1.05. The Morgan fingerprint density at radius 2 is 0.833 bits per heavy atom. The summed E-state index contributed by atoms with van der Waals surface area (Å²) in [5.41, 5.74) is 5.36. The number of aromatic nitrogens is 2. The van der Waals surface area contributed by atoms with E-state index in [4.69, 9.17) is 9.44 Å². The molecule has 0 saturated heterocycles. The summed E-state index contributed by atoms with van der Waals surface area (Å²) in [5.74, 6) is 0.